The number of aromatic nitrogens is 2. The Morgan fingerprint density at radius 3 is 3.05 bits per heavy atom. The largest absolute Gasteiger partial charge is 0.376 e. The zero-order valence-electron chi connectivity index (χ0n) is 10.9. The normalized spacial score (nSPS) is 17.1. The molecular formula is C14H17N3O2. The number of carbonyl (C=O) groups excluding carboxylic acids is 1. The minimum atomic E-state index is -0.145. The van der Waals surface area contributed by atoms with E-state index in [9.17, 15) is 4.79 Å². The van der Waals surface area contributed by atoms with Gasteiger partial charge in [0.05, 0.1) is 17.3 Å². The van der Waals surface area contributed by atoms with Gasteiger partial charge in [0.15, 0.2) is 0 Å². The molecule has 0 radical (unpaired) electrons. The van der Waals surface area contributed by atoms with Crippen molar-refractivity contribution < 1.29 is 9.53 Å². The SMILES string of the molecule is COC1(CNC(=O)c2ccc3cn[nH]c3c2)CCC1. The topological polar surface area (TPSA) is 67.0 Å². The highest BCUT2D eigenvalue weighted by molar-refractivity contribution is 5.97. The lowest BCUT2D eigenvalue weighted by atomic mass is 9.80. The number of hydrogen-bond donors (Lipinski definition) is 2. The summed E-state index contributed by atoms with van der Waals surface area (Å²) in [4.78, 5) is 12.1. The van der Waals surface area contributed by atoms with Crippen LogP contribution in [-0.2, 0) is 4.74 Å². The zero-order chi connectivity index (χ0) is 13.3. The van der Waals surface area contributed by atoms with Crippen molar-refractivity contribution in [1.29, 1.82) is 0 Å². The van der Waals surface area contributed by atoms with Crippen molar-refractivity contribution in [3.8, 4) is 0 Å². The molecule has 0 unspecified atom stereocenters. The quantitative estimate of drug-likeness (QED) is 0.880. The molecule has 5 heteroatoms. The summed E-state index contributed by atoms with van der Waals surface area (Å²) in [5.74, 6) is -0.0696. The molecule has 0 bridgehead atoms. The monoisotopic (exact) mass is 259 g/mol. The number of benzene rings is 1. The molecule has 3 rings (SSSR count). The van der Waals surface area contributed by atoms with Crippen molar-refractivity contribution in [3.63, 3.8) is 0 Å². The Morgan fingerprint density at radius 2 is 2.37 bits per heavy atom. The minimum Gasteiger partial charge on any atom is -0.376 e. The Kier molecular flexibility index (Phi) is 2.98. The molecule has 0 saturated heterocycles. The van der Waals surface area contributed by atoms with E-state index in [1.807, 2.05) is 18.2 Å². The molecule has 1 aromatic carbocycles. The summed E-state index contributed by atoms with van der Waals surface area (Å²) in [5, 5.41) is 10.8. The van der Waals surface area contributed by atoms with Gasteiger partial charge in [0.25, 0.3) is 5.91 Å². The van der Waals surface area contributed by atoms with Gasteiger partial charge in [-0.1, -0.05) is 6.07 Å². The van der Waals surface area contributed by atoms with Gasteiger partial charge < -0.3 is 10.1 Å². The Labute approximate surface area is 111 Å². The maximum atomic E-state index is 12.1. The van der Waals surface area contributed by atoms with Crippen molar-refractivity contribution in [3.05, 3.63) is 30.0 Å². The number of carbonyl (C=O) groups is 1. The lowest BCUT2D eigenvalue weighted by Gasteiger charge is -2.40. The third kappa shape index (κ3) is 2.21. The van der Waals surface area contributed by atoms with Crippen molar-refractivity contribution in [2.45, 2.75) is 24.9 Å². The average Bonchev–Trinajstić information content (AvgIpc) is 2.84. The van der Waals surface area contributed by atoms with E-state index in [0.717, 1.165) is 23.7 Å². The zero-order valence-corrected chi connectivity index (χ0v) is 10.9. The minimum absolute atomic E-state index is 0.0696. The molecule has 1 aliphatic rings. The van der Waals surface area contributed by atoms with Crippen LogP contribution < -0.4 is 5.32 Å². The number of aromatic amines is 1. The highest BCUT2D eigenvalue weighted by Crippen LogP contribution is 2.34. The van der Waals surface area contributed by atoms with Gasteiger partial charge in [-0.15, -0.1) is 0 Å². The molecule has 1 fully saturated rings. The lowest BCUT2D eigenvalue weighted by molar-refractivity contribution is -0.0679. The van der Waals surface area contributed by atoms with Gasteiger partial charge in [-0.2, -0.15) is 5.10 Å². The van der Waals surface area contributed by atoms with Crippen LogP contribution in [0.5, 0.6) is 0 Å². The average molecular weight is 259 g/mol. The number of nitrogens with one attached hydrogen (secondary N) is 2. The van der Waals surface area contributed by atoms with Crippen LogP contribution in [0.25, 0.3) is 10.9 Å². The molecule has 1 aliphatic carbocycles. The second-order valence-electron chi connectivity index (χ2n) is 5.10. The molecule has 19 heavy (non-hydrogen) atoms. The van der Waals surface area contributed by atoms with E-state index >= 15 is 0 Å². The summed E-state index contributed by atoms with van der Waals surface area (Å²) < 4.78 is 5.49. The Hall–Kier alpha value is -1.88. The maximum Gasteiger partial charge on any atom is 0.251 e. The first-order valence-corrected chi connectivity index (χ1v) is 6.49. The second-order valence-corrected chi connectivity index (χ2v) is 5.10. The van der Waals surface area contributed by atoms with Crippen LogP contribution in [0.15, 0.2) is 24.4 Å². The Bertz CT molecular complexity index is 596. The van der Waals surface area contributed by atoms with Crippen molar-refractivity contribution in [1.82, 2.24) is 15.5 Å². The number of ether oxygens (including phenoxy) is 1. The van der Waals surface area contributed by atoms with E-state index < -0.39 is 0 Å². The van der Waals surface area contributed by atoms with Gasteiger partial charge in [-0.05, 0) is 31.4 Å². The molecule has 1 aromatic heterocycles. The Balaban J connectivity index is 1.69. The molecule has 1 heterocycles. The summed E-state index contributed by atoms with van der Waals surface area (Å²) in [6.45, 7) is 0.573. The van der Waals surface area contributed by atoms with Crippen LogP contribution in [0.2, 0.25) is 0 Å². The number of rotatable bonds is 4. The van der Waals surface area contributed by atoms with Crippen LogP contribution >= 0.6 is 0 Å². The molecule has 0 atom stereocenters. The molecule has 100 valence electrons. The summed E-state index contributed by atoms with van der Waals surface area (Å²) in [7, 11) is 1.71. The molecule has 5 nitrogen and oxygen atoms in total. The number of fused-ring (bicyclic) bond motifs is 1. The van der Waals surface area contributed by atoms with Gasteiger partial charge >= 0.3 is 0 Å². The number of nitrogens with zero attached hydrogens (tertiary/aromatic N) is 1. The number of amides is 1. The van der Waals surface area contributed by atoms with Gasteiger partial charge in [0.1, 0.15) is 0 Å². The fourth-order valence-corrected chi connectivity index (χ4v) is 2.45. The van der Waals surface area contributed by atoms with Crippen molar-refractivity contribution >= 4 is 16.8 Å². The van der Waals surface area contributed by atoms with Crippen LogP contribution in [0, 0.1) is 0 Å². The summed E-state index contributed by atoms with van der Waals surface area (Å²) in [6.07, 6.45) is 4.95. The predicted molar refractivity (Wildman–Crippen MR) is 72.0 cm³/mol. The molecule has 2 N–H and O–H groups in total. The molecular weight excluding hydrogens is 242 g/mol. The van der Waals surface area contributed by atoms with Crippen LogP contribution in [0.1, 0.15) is 29.6 Å². The van der Waals surface area contributed by atoms with Gasteiger partial charge in [0, 0.05) is 24.6 Å². The van der Waals surface area contributed by atoms with E-state index in [2.05, 4.69) is 15.5 Å². The van der Waals surface area contributed by atoms with Gasteiger partial charge in [0.2, 0.25) is 0 Å². The van der Waals surface area contributed by atoms with E-state index in [1.54, 1.807) is 13.3 Å². The molecule has 1 saturated carbocycles. The fraction of sp³-hybridized carbons (Fsp3) is 0.429. The maximum absolute atomic E-state index is 12.1. The summed E-state index contributed by atoms with van der Waals surface area (Å²) in [5.41, 5.74) is 1.37. The van der Waals surface area contributed by atoms with Crippen LogP contribution in [0.4, 0.5) is 0 Å². The third-order valence-corrected chi connectivity index (χ3v) is 3.97. The first-order valence-electron chi connectivity index (χ1n) is 6.49. The second kappa shape index (κ2) is 4.66. The number of H-pyrrole nitrogens is 1. The van der Waals surface area contributed by atoms with Crippen molar-refractivity contribution in [2.75, 3.05) is 13.7 Å². The van der Waals surface area contributed by atoms with Crippen LogP contribution in [0.3, 0.4) is 0 Å². The lowest BCUT2D eigenvalue weighted by Crippen LogP contribution is -2.49. The summed E-state index contributed by atoms with van der Waals surface area (Å²) >= 11 is 0. The smallest absolute Gasteiger partial charge is 0.251 e. The predicted octanol–water partition coefficient (Wildman–Crippen LogP) is 1.86. The van der Waals surface area contributed by atoms with E-state index in [0.29, 0.717) is 12.1 Å². The van der Waals surface area contributed by atoms with Gasteiger partial charge in [-0.3, -0.25) is 9.89 Å². The standard InChI is InChI=1S/C14H17N3O2/c1-19-14(5-2-6-14)9-15-13(18)10-3-4-11-8-16-17-12(11)7-10/h3-4,7-8H,2,5-6,9H2,1H3,(H,15,18)(H,16,17). The summed E-state index contributed by atoms with van der Waals surface area (Å²) in [6, 6.07) is 5.52. The van der Waals surface area contributed by atoms with E-state index in [4.69, 9.17) is 4.74 Å². The first kappa shape index (κ1) is 12.2. The first-order chi connectivity index (χ1) is 9.22. The van der Waals surface area contributed by atoms with E-state index in [1.165, 1.54) is 6.42 Å². The van der Waals surface area contributed by atoms with Crippen molar-refractivity contribution in [2.24, 2.45) is 0 Å². The molecule has 2 aromatic rings. The molecule has 0 aliphatic heterocycles. The number of methoxy groups -OCH3 is 1. The molecule has 1 amide bonds. The fourth-order valence-electron chi connectivity index (χ4n) is 2.45. The van der Waals surface area contributed by atoms with Gasteiger partial charge in [-0.25, -0.2) is 0 Å². The van der Waals surface area contributed by atoms with Crippen LogP contribution in [-0.4, -0.2) is 35.4 Å². The number of hydrogen-bond acceptors (Lipinski definition) is 3. The Morgan fingerprint density at radius 1 is 1.53 bits per heavy atom. The third-order valence-electron chi connectivity index (χ3n) is 3.97. The highest BCUT2D eigenvalue weighted by atomic mass is 16.5. The molecule has 0 spiro atoms. The highest BCUT2D eigenvalue weighted by Gasteiger charge is 2.37. The van der Waals surface area contributed by atoms with E-state index in [-0.39, 0.29) is 11.5 Å².